The Morgan fingerprint density at radius 3 is 2.20 bits per heavy atom. The predicted octanol–water partition coefficient (Wildman–Crippen LogP) is 2.46. The lowest BCUT2D eigenvalue weighted by Crippen LogP contribution is -2.52. The molecule has 0 aromatic rings. The molecule has 88 valence electrons. The maximum absolute atomic E-state index is 10.6. The Kier molecular flexibility index (Phi) is 3.68. The van der Waals surface area contributed by atoms with Crippen LogP contribution >= 0.6 is 0 Å². The summed E-state index contributed by atoms with van der Waals surface area (Å²) in [4.78, 5) is 0. The standard InChI is InChI=1S/C13H25NO/c1-14-12(11-7-3-2-4-8-11)13(15)9-5-6-10-13/h11-12,14-15H,2-10H2,1H3. The van der Waals surface area contributed by atoms with Crippen LogP contribution in [0, 0.1) is 5.92 Å². The fourth-order valence-corrected chi connectivity index (χ4v) is 3.71. The van der Waals surface area contributed by atoms with E-state index in [0.717, 1.165) is 12.8 Å². The monoisotopic (exact) mass is 211 g/mol. The van der Waals surface area contributed by atoms with Crippen molar-refractivity contribution in [3.05, 3.63) is 0 Å². The van der Waals surface area contributed by atoms with Crippen LogP contribution in [-0.4, -0.2) is 23.8 Å². The lowest BCUT2D eigenvalue weighted by Gasteiger charge is -2.39. The number of rotatable bonds is 3. The van der Waals surface area contributed by atoms with Crippen LogP contribution in [-0.2, 0) is 0 Å². The third kappa shape index (κ3) is 2.36. The van der Waals surface area contributed by atoms with Crippen LogP contribution in [0.1, 0.15) is 57.8 Å². The minimum absolute atomic E-state index is 0.347. The van der Waals surface area contributed by atoms with Crippen molar-refractivity contribution in [2.75, 3.05) is 7.05 Å². The molecule has 15 heavy (non-hydrogen) atoms. The van der Waals surface area contributed by atoms with Gasteiger partial charge in [-0.3, -0.25) is 0 Å². The van der Waals surface area contributed by atoms with E-state index in [1.54, 1.807) is 0 Å². The Balaban J connectivity index is 2.01. The Labute approximate surface area is 93.5 Å². The maximum Gasteiger partial charge on any atom is 0.0802 e. The fraction of sp³-hybridized carbons (Fsp3) is 1.00. The summed E-state index contributed by atoms with van der Waals surface area (Å²) < 4.78 is 0. The molecule has 2 aliphatic rings. The third-order valence-corrected chi connectivity index (χ3v) is 4.48. The molecule has 0 aliphatic heterocycles. The van der Waals surface area contributed by atoms with Gasteiger partial charge in [-0.2, -0.15) is 0 Å². The fourth-order valence-electron chi connectivity index (χ4n) is 3.71. The largest absolute Gasteiger partial charge is 0.388 e. The highest BCUT2D eigenvalue weighted by atomic mass is 16.3. The molecule has 0 aromatic heterocycles. The summed E-state index contributed by atoms with van der Waals surface area (Å²) in [7, 11) is 2.02. The zero-order valence-corrected chi connectivity index (χ0v) is 9.97. The SMILES string of the molecule is CNC(C1CCCCC1)C1(O)CCCC1. The molecule has 2 nitrogen and oxygen atoms in total. The molecule has 2 aliphatic carbocycles. The zero-order valence-electron chi connectivity index (χ0n) is 9.97. The Morgan fingerprint density at radius 2 is 1.67 bits per heavy atom. The van der Waals surface area contributed by atoms with Crippen LogP contribution < -0.4 is 5.32 Å². The molecule has 0 radical (unpaired) electrons. The highest BCUT2D eigenvalue weighted by Crippen LogP contribution is 2.39. The van der Waals surface area contributed by atoms with Gasteiger partial charge >= 0.3 is 0 Å². The lowest BCUT2D eigenvalue weighted by atomic mass is 9.76. The van der Waals surface area contributed by atoms with Gasteiger partial charge in [-0.15, -0.1) is 0 Å². The normalized spacial score (nSPS) is 29.2. The van der Waals surface area contributed by atoms with Gasteiger partial charge in [-0.05, 0) is 38.6 Å². The molecular weight excluding hydrogens is 186 g/mol. The molecule has 0 aromatic carbocycles. The lowest BCUT2D eigenvalue weighted by molar-refractivity contribution is -0.0167. The van der Waals surface area contributed by atoms with Crippen molar-refractivity contribution in [1.29, 1.82) is 0 Å². The molecule has 2 rings (SSSR count). The molecule has 0 spiro atoms. The van der Waals surface area contributed by atoms with E-state index in [9.17, 15) is 5.11 Å². The van der Waals surface area contributed by atoms with Crippen LogP contribution in [0.5, 0.6) is 0 Å². The van der Waals surface area contributed by atoms with Gasteiger partial charge in [0.1, 0.15) is 0 Å². The smallest absolute Gasteiger partial charge is 0.0802 e. The van der Waals surface area contributed by atoms with Gasteiger partial charge in [0.15, 0.2) is 0 Å². The van der Waals surface area contributed by atoms with Crippen LogP contribution in [0.2, 0.25) is 0 Å². The molecule has 0 amide bonds. The first-order chi connectivity index (χ1) is 7.26. The quantitative estimate of drug-likeness (QED) is 0.751. The van der Waals surface area contributed by atoms with Crippen molar-refractivity contribution in [2.24, 2.45) is 5.92 Å². The van der Waals surface area contributed by atoms with E-state index < -0.39 is 5.60 Å². The van der Waals surface area contributed by atoms with Gasteiger partial charge in [-0.25, -0.2) is 0 Å². The third-order valence-electron chi connectivity index (χ3n) is 4.48. The molecule has 2 saturated carbocycles. The Bertz CT molecular complexity index is 193. The van der Waals surface area contributed by atoms with E-state index in [1.807, 2.05) is 7.05 Å². The maximum atomic E-state index is 10.6. The number of nitrogens with one attached hydrogen (secondary N) is 1. The first-order valence-corrected chi connectivity index (χ1v) is 6.66. The van der Waals surface area contributed by atoms with Crippen molar-refractivity contribution >= 4 is 0 Å². The molecule has 1 atom stereocenters. The van der Waals surface area contributed by atoms with Crippen LogP contribution in [0.15, 0.2) is 0 Å². The topological polar surface area (TPSA) is 32.3 Å². The molecule has 0 bridgehead atoms. The van der Waals surface area contributed by atoms with Gasteiger partial charge < -0.3 is 10.4 Å². The van der Waals surface area contributed by atoms with E-state index in [1.165, 1.54) is 44.9 Å². The van der Waals surface area contributed by atoms with Crippen molar-refractivity contribution < 1.29 is 5.11 Å². The van der Waals surface area contributed by atoms with Gasteiger partial charge in [0.25, 0.3) is 0 Å². The molecule has 0 saturated heterocycles. The van der Waals surface area contributed by atoms with Crippen LogP contribution in [0.25, 0.3) is 0 Å². The van der Waals surface area contributed by atoms with E-state index in [0.29, 0.717) is 12.0 Å². The summed E-state index contributed by atoms with van der Waals surface area (Å²) in [6.45, 7) is 0. The summed E-state index contributed by atoms with van der Waals surface area (Å²) in [5.41, 5.74) is -0.392. The second-order valence-corrected chi connectivity index (χ2v) is 5.48. The number of hydrogen-bond donors (Lipinski definition) is 2. The minimum atomic E-state index is -0.392. The zero-order chi connectivity index (χ0) is 10.7. The van der Waals surface area contributed by atoms with E-state index in [4.69, 9.17) is 0 Å². The number of likely N-dealkylation sites (N-methyl/N-ethyl adjacent to an activating group) is 1. The second kappa shape index (κ2) is 4.84. The minimum Gasteiger partial charge on any atom is -0.388 e. The van der Waals surface area contributed by atoms with E-state index in [-0.39, 0.29) is 0 Å². The molecule has 2 N–H and O–H groups in total. The van der Waals surface area contributed by atoms with Crippen LogP contribution in [0.3, 0.4) is 0 Å². The number of hydrogen-bond acceptors (Lipinski definition) is 2. The Hall–Kier alpha value is -0.0800. The van der Waals surface area contributed by atoms with Crippen molar-refractivity contribution in [2.45, 2.75) is 69.4 Å². The van der Waals surface area contributed by atoms with E-state index >= 15 is 0 Å². The average molecular weight is 211 g/mol. The first-order valence-electron chi connectivity index (χ1n) is 6.66. The summed E-state index contributed by atoms with van der Waals surface area (Å²) in [6, 6.07) is 0.347. The summed E-state index contributed by atoms with van der Waals surface area (Å²) >= 11 is 0. The summed E-state index contributed by atoms with van der Waals surface area (Å²) in [6.07, 6.45) is 11.2. The van der Waals surface area contributed by atoms with E-state index in [2.05, 4.69) is 5.32 Å². The number of aliphatic hydroxyl groups is 1. The van der Waals surface area contributed by atoms with Gasteiger partial charge in [0.2, 0.25) is 0 Å². The first kappa shape index (κ1) is 11.4. The predicted molar refractivity (Wildman–Crippen MR) is 62.8 cm³/mol. The molecule has 2 heteroatoms. The van der Waals surface area contributed by atoms with Crippen molar-refractivity contribution in [3.8, 4) is 0 Å². The average Bonchev–Trinajstić information content (AvgIpc) is 2.68. The molecular formula is C13H25NO. The molecule has 2 fully saturated rings. The van der Waals surface area contributed by atoms with Gasteiger partial charge in [0, 0.05) is 6.04 Å². The second-order valence-electron chi connectivity index (χ2n) is 5.48. The summed E-state index contributed by atoms with van der Waals surface area (Å²) in [5.74, 6) is 0.715. The van der Waals surface area contributed by atoms with Crippen LogP contribution in [0.4, 0.5) is 0 Å². The highest BCUT2D eigenvalue weighted by Gasteiger charge is 2.42. The molecule has 0 heterocycles. The molecule has 1 unspecified atom stereocenters. The van der Waals surface area contributed by atoms with Gasteiger partial charge in [-0.1, -0.05) is 32.1 Å². The van der Waals surface area contributed by atoms with Crippen molar-refractivity contribution in [1.82, 2.24) is 5.32 Å². The van der Waals surface area contributed by atoms with Crippen molar-refractivity contribution in [3.63, 3.8) is 0 Å². The van der Waals surface area contributed by atoms with Gasteiger partial charge in [0.05, 0.1) is 5.60 Å². The Morgan fingerprint density at radius 1 is 1.07 bits per heavy atom. The summed E-state index contributed by atoms with van der Waals surface area (Å²) in [5, 5.41) is 14.0. The highest BCUT2D eigenvalue weighted by molar-refractivity contribution is 4.98.